The lowest BCUT2D eigenvalue weighted by Gasteiger charge is -2.31. The molecule has 0 aliphatic carbocycles. The lowest BCUT2D eigenvalue weighted by molar-refractivity contribution is -0.137. The smallest absolute Gasteiger partial charge is 0.319 e. The number of carbonyl (C=O) groups excluding carboxylic acids is 1. The van der Waals surface area contributed by atoms with E-state index in [1.165, 1.54) is 13.2 Å². The van der Waals surface area contributed by atoms with Crippen LogP contribution in [-0.4, -0.2) is 46.4 Å². The van der Waals surface area contributed by atoms with E-state index in [0.717, 1.165) is 31.9 Å². The molecule has 0 aromatic heterocycles. The normalized spacial score (nSPS) is 19.0. The molecule has 1 unspecified atom stereocenters. The summed E-state index contributed by atoms with van der Waals surface area (Å²) in [6, 6.07) is 8.57. The summed E-state index contributed by atoms with van der Waals surface area (Å²) in [6.45, 7) is 3.28. The molecule has 2 aromatic rings. The molecule has 148 valence electrons. The van der Waals surface area contributed by atoms with E-state index >= 15 is 0 Å². The van der Waals surface area contributed by atoms with Crippen LogP contribution in [0.15, 0.2) is 30.3 Å². The topological polar surface area (TPSA) is 60.0 Å². The van der Waals surface area contributed by atoms with Crippen molar-refractivity contribution in [2.75, 3.05) is 45.3 Å². The van der Waals surface area contributed by atoms with Gasteiger partial charge in [0.2, 0.25) is 0 Å². The predicted molar refractivity (Wildman–Crippen MR) is 103 cm³/mol. The number of ether oxygens (including phenoxy) is 3. The first-order chi connectivity index (χ1) is 13.6. The minimum absolute atomic E-state index is 0.247. The standard InChI is InChI=1S/C21H23FN2O4/c1-26-18-4-3-13(9-20(18)27-2)15-12-16-17(22)10-14(11-19(16)28-21(15)25)24-7-5-23-6-8-24/h3-4,9-11,15,23H,5-8,12H2,1-2H3. The van der Waals surface area contributed by atoms with Crippen molar-refractivity contribution >= 4 is 11.7 Å². The third kappa shape index (κ3) is 3.38. The molecule has 1 N–H and O–H groups in total. The predicted octanol–water partition coefficient (Wildman–Crippen LogP) is 2.50. The van der Waals surface area contributed by atoms with Gasteiger partial charge in [0.15, 0.2) is 11.5 Å². The first-order valence-electron chi connectivity index (χ1n) is 9.32. The van der Waals surface area contributed by atoms with Crippen LogP contribution in [0.5, 0.6) is 17.2 Å². The summed E-state index contributed by atoms with van der Waals surface area (Å²) < 4.78 is 31.0. The monoisotopic (exact) mass is 386 g/mol. The van der Waals surface area contributed by atoms with Crippen LogP contribution >= 0.6 is 0 Å². The Labute approximate surface area is 163 Å². The van der Waals surface area contributed by atoms with Crippen LogP contribution in [0.2, 0.25) is 0 Å². The Hall–Kier alpha value is -2.80. The van der Waals surface area contributed by atoms with Crippen LogP contribution in [0.25, 0.3) is 0 Å². The van der Waals surface area contributed by atoms with Crippen molar-refractivity contribution in [1.82, 2.24) is 5.32 Å². The van der Waals surface area contributed by atoms with Gasteiger partial charge in [-0.3, -0.25) is 4.79 Å². The number of nitrogens with one attached hydrogen (secondary N) is 1. The number of anilines is 1. The zero-order valence-electron chi connectivity index (χ0n) is 16.0. The van der Waals surface area contributed by atoms with Crippen LogP contribution in [0.1, 0.15) is 17.0 Å². The fourth-order valence-electron chi connectivity index (χ4n) is 3.78. The molecule has 2 aromatic carbocycles. The van der Waals surface area contributed by atoms with Crippen LogP contribution in [0, 0.1) is 5.82 Å². The molecule has 2 aliphatic heterocycles. The third-order valence-corrected chi connectivity index (χ3v) is 5.33. The number of methoxy groups -OCH3 is 2. The minimum atomic E-state index is -0.591. The Bertz CT molecular complexity index is 896. The van der Waals surface area contributed by atoms with E-state index in [4.69, 9.17) is 14.2 Å². The molecule has 0 spiro atoms. The van der Waals surface area contributed by atoms with Crippen LogP contribution in [-0.2, 0) is 11.2 Å². The van der Waals surface area contributed by atoms with Gasteiger partial charge in [-0.25, -0.2) is 4.39 Å². The number of halogens is 1. The van der Waals surface area contributed by atoms with Gasteiger partial charge in [0, 0.05) is 43.5 Å². The molecule has 0 radical (unpaired) electrons. The molecular formula is C21H23FN2O4. The summed E-state index contributed by atoms with van der Waals surface area (Å²) in [5.74, 6) is 0.0819. The Kier molecular flexibility index (Phi) is 5.09. The number of benzene rings is 2. The van der Waals surface area contributed by atoms with Gasteiger partial charge in [-0.1, -0.05) is 6.07 Å². The van der Waals surface area contributed by atoms with Crippen molar-refractivity contribution in [3.63, 3.8) is 0 Å². The van der Waals surface area contributed by atoms with Crippen molar-refractivity contribution in [3.8, 4) is 17.2 Å². The van der Waals surface area contributed by atoms with E-state index in [2.05, 4.69) is 10.2 Å². The Balaban J connectivity index is 1.64. The molecule has 0 amide bonds. The van der Waals surface area contributed by atoms with Crippen molar-refractivity contribution in [2.24, 2.45) is 0 Å². The van der Waals surface area contributed by atoms with Gasteiger partial charge >= 0.3 is 5.97 Å². The molecule has 1 atom stereocenters. The molecule has 4 rings (SSSR count). The third-order valence-electron chi connectivity index (χ3n) is 5.33. The van der Waals surface area contributed by atoms with E-state index in [-0.39, 0.29) is 12.2 Å². The highest BCUT2D eigenvalue weighted by molar-refractivity contribution is 5.84. The molecule has 6 nitrogen and oxygen atoms in total. The molecule has 0 bridgehead atoms. The molecule has 28 heavy (non-hydrogen) atoms. The van der Waals surface area contributed by atoms with Gasteiger partial charge in [-0.2, -0.15) is 0 Å². The van der Waals surface area contributed by atoms with E-state index in [1.54, 1.807) is 31.4 Å². The average Bonchev–Trinajstić information content (AvgIpc) is 2.73. The lowest BCUT2D eigenvalue weighted by Crippen LogP contribution is -2.43. The summed E-state index contributed by atoms with van der Waals surface area (Å²) >= 11 is 0. The largest absolute Gasteiger partial charge is 0.493 e. The summed E-state index contributed by atoms with van der Waals surface area (Å²) in [4.78, 5) is 14.8. The summed E-state index contributed by atoms with van der Waals surface area (Å²) in [5, 5.41) is 3.27. The first-order valence-corrected chi connectivity index (χ1v) is 9.32. The lowest BCUT2D eigenvalue weighted by atomic mass is 9.89. The zero-order chi connectivity index (χ0) is 19.7. The molecule has 1 saturated heterocycles. The van der Waals surface area contributed by atoms with Crippen LogP contribution in [0.4, 0.5) is 10.1 Å². The first kappa shape index (κ1) is 18.6. The number of hydrogen-bond donors (Lipinski definition) is 1. The van der Waals surface area contributed by atoms with Gasteiger partial charge in [-0.05, 0) is 30.2 Å². The van der Waals surface area contributed by atoms with Crippen molar-refractivity contribution in [2.45, 2.75) is 12.3 Å². The highest BCUT2D eigenvalue weighted by Gasteiger charge is 2.33. The SMILES string of the molecule is COc1ccc(C2Cc3c(F)cc(N4CCNCC4)cc3OC2=O)cc1OC. The maximum atomic E-state index is 14.9. The summed E-state index contributed by atoms with van der Waals surface area (Å²) in [5.41, 5.74) is 1.88. The zero-order valence-corrected chi connectivity index (χ0v) is 16.0. The van der Waals surface area contributed by atoms with Crippen molar-refractivity contribution in [1.29, 1.82) is 0 Å². The van der Waals surface area contributed by atoms with E-state index < -0.39 is 11.9 Å². The van der Waals surface area contributed by atoms with E-state index in [1.807, 2.05) is 0 Å². The van der Waals surface area contributed by atoms with Gasteiger partial charge in [0.1, 0.15) is 11.6 Å². The van der Waals surface area contributed by atoms with Gasteiger partial charge in [0.05, 0.1) is 20.1 Å². The molecular weight excluding hydrogens is 363 g/mol. The number of esters is 1. The molecule has 2 heterocycles. The summed E-state index contributed by atoms with van der Waals surface area (Å²) in [7, 11) is 3.08. The van der Waals surface area contributed by atoms with Crippen molar-refractivity contribution < 1.29 is 23.4 Å². The quantitative estimate of drug-likeness (QED) is 0.644. The average molecular weight is 386 g/mol. The Morgan fingerprint density at radius 2 is 1.86 bits per heavy atom. The van der Waals surface area contributed by atoms with Gasteiger partial charge in [0.25, 0.3) is 0 Å². The molecule has 0 saturated carbocycles. The number of fused-ring (bicyclic) bond motifs is 1. The number of carbonyl (C=O) groups is 1. The number of rotatable bonds is 4. The minimum Gasteiger partial charge on any atom is -0.493 e. The fourth-order valence-corrected chi connectivity index (χ4v) is 3.78. The Morgan fingerprint density at radius 3 is 2.57 bits per heavy atom. The molecule has 2 aliphatic rings. The Morgan fingerprint density at radius 1 is 1.11 bits per heavy atom. The maximum absolute atomic E-state index is 14.9. The molecule has 7 heteroatoms. The van der Waals surface area contributed by atoms with Gasteiger partial charge < -0.3 is 24.4 Å². The van der Waals surface area contributed by atoms with Crippen LogP contribution in [0.3, 0.4) is 0 Å². The second-order valence-corrected chi connectivity index (χ2v) is 6.93. The van der Waals surface area contributed by atoms with Crippen LogP contribution < -0.4 is 24.4 Å². The maximum Gasteiger partial charge on any atom is 0.319 e. The van der Waals surface area contributed by atoms with E-state index in [0.29, 0.717) is 28.4 Å². The highest BCUT2D eigenvalue weighted by atomic mass is 19.1. The highest BCUT2D eigenvalue weighted by Crippen LogP contribution is 2.39. The van der Waals surface area contributed by atoms with Crippen molar-refractivity contribution in [3.05, 3.63) is 47.3 Å². The van der Waals surface area contributed by atoms with E-state index in [9.17, 15) is 9.18 Å². The second kappa shape index (κ2) is 7.67. The van der Waals surface area contributed by atoms with Gasteiger partial charge in [-0.15, -0.1) is 0 Å². The fraction of sp³-hybridized carbons (Fsp3) is 0.381. The summed E-state index contributed by atoms with van der Waals surface area (Å²) in [6.07, 6.45) is 0.247. The molecule has 1 fully saturated rings. The second-order valence-electron chi connectivity index (χ2n) is 6.93. The number of nitrogens with zero attached hydrogens (tertiary/aromatic N) is 1. The number of piperazine rings is 1. The number of hydrogen-bond acceptors (Lipinski definition) is 6.